The Labute approximate surface area is 119 Å². The molecule has 0 aliphatic carbocycles. The standard InChI is InChI=1S/C15H21N3O2/c1-11(19)17-14-13(5-4-8-16-14)15(3)6-9-18(10-7-15)12(2)20/h4-5,8H,6-7,9-10H2,1-3H3,(H,16,17,19). The van der Waals surface area contributed by atoms with Crippen molar-refractivity contribution in [2.45, 2.75) is 39.0 Å². The molecule has 0 saturated carbocycles. The lowest BCUT2D eigenvalue weighted by molar-refractivity contribution is -0.130. The van der Waals surface area contributed by atoms with Crippen molar-refractivity contribution in [3.63, 3.8) is 0 Å². The maximum Gasteiger partial charge on any atom is 0.222 e. The van der Waals surface area contributed by atoms with E-state index >= 15 is 0 Å². The summed E-state index contributed by atoms with van der Waals surface area (Å²) in [5.41, 5.74) is 0.997. The number of hydrogen-bond donors (Lipinski definition) is 1. The third-order valence-electron chi connectivity index (χ3n) is 4.06. The zero-order valence-corrected chi connectivity index (χ0v) is 12.3. The Bertz CT molecular complexity index is 520. The zero-order chi connectivity index (χ0) is 14.8. The summed E-state index contributed by atoms with van der Waals surface area (Å²) in [4.78, 5) is 28.9. The van der Waals surface area contributed by atoms with Gasteiger partial charge in [-0.1, -0.05) is 13.0 Å². The van der Waals surface area contributed by atoms with Gasteiger partial charge in [-0.25, -0.2) is 4.98 Å². The first-order valence-electron chi connectivity index (χ1n) is 6.91. The summed E-state index contributed by atoms with van der Waals surface area (Å²) >= 11 is 0. The number of likely N-dealkylation sites (tertiary alicyclic amines) is 1. The average Bonchev–Trinajstić information content (AvgIpc) is 2.39. The van der Waals surface area contributed by atoms with Crippen LogP contribution in [-0.4, -0.2) is 34.8 Å². The number of amides is 2. The first-order valence-corrected chi connectivity index (χ1v) is 6.91. The molecule has 20 heavy (non-hydrogen) atoms. The second kappa shape index (κ2) is 5.61. The second-order valence-electron chi connectivity index (χ2n) is 5.65. The van der Waals surface area contributed by atoms with Gasteiger partial charge in [0.25, 0.3) is 0 Å². The molecule has 1 aromatic rings. The third kappa shape index (κ3) is 2.98. The minimum atomic E-state index is -0.116. The van der Waals surface area contributed by atoms with E-state index in [4.69, 9.17) is 0 Å². The highest BCUT2D eigenvalue weighted by atomic mass is 16.2. The number of anilines is 1. The molecule has 0 atom stereocenters. The lowest BCUT2D eigenvalue weighted by atomic mass is 9.74. The molecular weight excluding hydrogens is 254 g/mol. The van der Waals surface area contributed by atoms with E-state index in [9.17, 15) is 9.59 Å². The number of hydrogen-bond acceptors (Lipinski definition) is 3. The minimum Gasteiger partial charge on any atom is -0.343 e. The van der Waals surface area contributed by atoms with Gasteiger partial charge in [0.2, 0.25) is 11.8 Å². The summed E-state index contributed by atoms with van der Waals surface area (Å²) in [5.74, 6) is 0.647. The van der Waals surface area contributed by atoms with Crippen LogP contribution in [-0.2, 0) is 15.0 Å². The third-order valence-corrected chi connectivity index (χ3v) is 4.06. The van der Waals surface area contributed by atoms with Crippen LogP contribution in [0.5, 0.6) is 0 Å². The van der Waals surface area contributed by atoms with E-state index in [0.717, 1.165) is 31.5 Å². The van der Waals surface area contributed by atoms with Crippen LogP contribution in [0, 0.1) is 0 Å². The maximum absolute atomic E-state index is 11.4. The van der Waals surface area contributed by atoms with Crippen LogP contribution in [0.15, 0.2) is 18.3 Å². The normalized spacial score (nSPS) is 17.6. The highest BCUT2D eigenvalue weighted by Crippen LogP contribution is 2.38. The largest absolute Gasteiger partial charge is 0.343 e. The fraction of sp³-hybridized carbons (Fsp3) is 0.533. The van der Waals surface area contributed by atoms with Crippen LogP contribution in [0.1, 0.15) is 39.2 Å². The van der Waals surface area contributed by atoms with E-state index in [1.807, 2.05) is 17.0 Å². The molecule has 0 aromatic carbocycles. The van der Waals surface area contributed by atoms with Gasteiger partial charge in [0, 0.05) is 38.7 Å². The van der Waals surface area contributed by atoms with Crippen LogP contribution in [0.2, 0.25) is 0 Å². The second-order valence-corrected chi connectivity index (χ2v) is 5.65. The number of aromatic nitrogens is 1. The first-order chi connectivity index (χ1) is 9.42. The van der Waals surface area contributed by atoms with E-state index < -0.39 is 0 Å². The van der Waals surface area contributed by atoms with Crippen molar-refractivity contribution >= 4 is 17.6 Å². The average molecular weight is 275 g/mol. The molecule has 108 valence electrons. The molecule has 5 nitrogen and oxygen atoms in total. The number of carbonyl (C=O) groups excluding carboxylic acids is 2. The summed E-state index contributed by atoms with van der Waals surface area (Å²) < 4.78 is 0. The summed E-state index contributed by atoms with van der Waals surface area (Å²) in [6.07, 6.45) is 3.44. The van der Waals surface area contributed by atoms with Crippen LogP contribution in [0.25, 0.3) is 0 Å². The van der Waals surface area contributed by atoms with E-state index in [-0.39, 0.29) is 17.2 Å². The Kier molecular flexibility index (Phi) is 4.06. The molecule has 1 fully saturated rings. The minimum absolute atomic E-state index is 0.0575. The Hall–Kier alpha value is -1.91. The van der Waals surface area contributed by atoms with Crippen LogP contribution in [0.4, 0.5) is 5.82 Å². The molecule has 1 aliphatic rings. The van der Waals surface area contributed by atoms with Gasteiger partial charge in [-0.2, -0.15) is 0 Å². The van der Waals surface area contributed by atoms with E-state index in [1.54, 1.807) is 13.1 Å². The predicted octanol–water partition coefficient (Wildman–Crippen LogP) is 1.94. The molecule has 0 bridgehead atoms. The van der Waals surface area contributed by atoms with Gasteiger partial charge < -0.3 is 10.2 Å². The van der Waals surface area contributed by atoms with E-state index in [2.05, 4.69) is 17.2 Å². The molecule has 0 spiro atoms. The number of pyridine rings is 1. The molecule has 2 amide bonds. The molecule has 1 saturated heterocycles. The molecule has 5 heteroatoms. The van der Waals surface area contributed by atoms with Gasteiger partial charge in [0.15, 0.2) is 0 Å². The van der Waals surface area contributed by atoms with Crippen LogP contribution in [0.3, 0.4) is 0 Å². The number of piperidine rings is 1. The molecule has 1 N–H and O–H groups in total. The van der Waals surface area contributed by atoms with Crippen molar-refractivity contribution in [1.82, 2.24) is 9.88 Å². The summed E-state index contributed by atoms with van der Waals surface area (Å²) in [6.45, 7) is 6.77. The summed E-state index contributed by atoms with van der Waals surface area (Å²) in [5, 5.41) is 2.80. The fourth-order valence-electron chi connectivity index (χ4n) is 2.74. The van der Waals surface area contributed by atoms with Crippen molar-refractivity contribution < 1.29 is 9.59 Å². The molecule has 2 heterocycles. The molecule has 1 aliphatic heterocycles. The fourth-order valence-corrected chi connectivity index (χ4v) is 2.74. The topological polar surface area (TPSA) is 62.3 Å². The summed E-state index contributed by atoms with van der Waals surface area (Å²) in [7, 11) is 0. The van der Waals surface area contributed by atoms with Crippen LogP contribution < -0.4 is 5.32 Å². The number of nitrogens with one attached hydrogen (secondary N) is 1. The lowest BCUT2D eigenvalue weighted by Crippen LogP contribution is -2.43. The lowest BCUT2D eigenvalue weighted by Gasteiger charge is -2.40. The number of rotatable bonds is 2. The smallest absolute Gasteiger partial charge is 0.222 e. The predicted molar refractivity (Wildman–Crippen MR) is 77.4 cm³/mol. The Morgan fingerprint density at radius 2 is 1.95 bits per heavy atom. The van der Waals surface area contributed by atoms with Gasteiger partial charge in [0.1, 0.15) is 5.82 Å². The van der Waals surface area contributed by atoms with Crippen molar-refractivity contribution in [3.05, 3.63) is 23.9 Å². The highest BCUT2D eigenvalue weighted by molar-refractivity contribution is 5.88. The molecule has 1 aromatic heterocycles. The van der Waals surface area contributed by atoms with E-state index in [1.165, 1.54) is 6.92 Å². The SMILES string of the molecule is CC(=O)Nc1ncccc1C1(C)CCN(C(C)=O)CC1. The van der Waals surface area contributed by atoms with Gasteiger partial charge in [-0.05, 0) is 24.3 Å². The Morgan fingerprint density at radius 3 is 2.50 bits per heavy atom. The maximum atomic E-state index is 11.4. The van der Waals surface area contributed by atoms with Crippen molar-refractivity contribution in [2.24, 2.45) is 0 Å². The molecule has 2 rings (SSSR count). The van der Waals surface area contributed by atoms with Gasteiger partial charge in [-0.15, -0.1) is 0 Å². The van der Waals surface area contributed by atoms with Crippen LogP contribution >= 0.6 is 0 Å². The quantitative estimate of drug-likeness (QED) is 0.897. The Balaban J connectivity index is 2.23. The molecular formula is C15H21N3O2. The van der Waals surface area contributed by atoms with Gasteiger partial charge in [0.05, 0.1) is 0 Å². The number of carbonyl (C=O) groups is 2. The number of nitrogens with zero attached hydrogens (tertiary/aromatic N) is 2. The zero-order valence-electron chi connectivity index (χ0n) is 12.3. The van der Waals surface area contributed by atoms with E-state index in [0.29, 0.717) is 5.82 Å². The Morgan fingerprint density at radius 1 is 1.30 bits per heavy atom. The molecule has 0 unspecified atom stereocenters. The first kappa shape index (κ1) is 14.5. The van der Waals surface area contributed by atoms with Crippen molar-refractivity contribution in [3.8, 4) is 0 Å². The van der Waals surface area contributed by atoms with Gasteiger partial charge >= 0.3 is 0 Å². The van der Waals surface area contributed by atoms with Gasteiger partial charge in [-0.3, -0.25) is 9.59 Å². The van der Waals surface area contributed by atoms with Crippen molar-refractivity contribution in [1.29, 1.82) is 0 Å². The van der Waals surface area contributed by atoms with Crippen molar-refractivity contribution in [2.75, 3.05) is 18.4 Å². The monoisotopic (exact) mass is 275 g/mol. The summed E-state index contributed by atoms with van der Waals surface area (Å²) in [6, 6.07) is 3.91. The highest BCUT2D eigenvalue weighted by Gasteiger charge is 2.34. The molecule has 0 radical (unpaired) electrons.